The molecule has 0 saturated carbocycles. The van der Waals surface area contributed by atoms with Crippen molar-refractivity contribution < 1.29 is 9.21 Å². The van der Waals surface area contributed by atoms with Crippen molar-refractivity contribution in [2.24, 2.45) is 0 Å². The highest BCUT2D eigenvalue weighted by Crippen LogP contribution is 2.27. The van der Waals surface area contributed by atoms with Gasteiger partial charge < -0.3 is 9.73 Å². The van der Waals surface area contributed by atoms with E-state index in [0.29, 0.717) is 15.2 Å². The van der Waals surface area contributed by atoms with Crippen molar-refractivity contribution in [3.63, 3.8) is 0 Å². The maximum Gasteiger partial charge on any atom is 0.260 e. The second-order valence-corrected chi connectivity index (χ2v) is 4.82. The third-order valence-electron chi connectivity index (χ3n) is 2.04. The Morgan fingerprint density at radius 2 is 2.06 bits per heavy atom. The molecule has 1 aromatic heterocycles. The number of benzene rings is 1. The van der Waals surface area contributed by atoms with Crippen molar-refractivity contribution in [1.82, 2.24) is 0 Å². The Bertz CT molecular complexity index is 568. The molecular formula is C11H6BrCl2NO2. The second kappa shape index (κ2) is 5.12. The van der Waals surface area contributed by atoms with Crippen LogP contribution in [0.2, 0.25) is 10.2 Å². The molecule has 1 heterocycles. The van der Waals surface area contributed by atoms with Gasteiger partial charge in [-0.1, -0.05) is 11.6 Å². The van der Waals surface area contributed by atoms with E-state index in [9.17, 15) is 4.79 Å². The summed E-state index contributed by atoms with van der Waals surface area (Å²) in [7, 11) is 0. The molecule has 0 spiro atoms. The minimum absolute atomic E-state index is 0.0626. The van der Waals surface area contributed by atoms with Crippen LogP contribution in [0.5, 0.6) is 0 Å². The molecule has 0 unspecified atom stereocenters. The normalized spacial score (nSPS) is 10.3. The van der Waals surface area contributed by atoms with Gasteiger partial charge in [-0.2, -0.15) is 0 Å². The number of anilines is 1. The van der Waals surface area contributed by atoms with Gasteiger partial charge in [0.15, 0.2) is 0 Å². The van der Waals surface area contributed by atoms with Crippen LogP contribution in [-0.4, -0.2) is 5.91 Å². The summed E-state index contributed by atoms with van der Waals surface area (Å²) in [5.74, 6) is -0.341. The van der Waals surface area contributed by atoms with E-state index in [2.05, 4.69) is 21.2 Å². The van der Waals surface area contributed by atoms with Crippen LogP contribution in [-0.2, 0) is 0 Å². The molecule has 0 aliphatic rings. The zero-order valence-electron chi connectivity index (χ0n) is 8.34. The molecule has 0 aliphatic carbocycles. The van der Waals surface area contributed by atoms with Gasteiger partial charge >= 0.3 is 0 Å². The van der Waals surface area contributed by atoms with Crippen LogP contribution in [0.3, 0.4) is 0 Å². The third kappa shape index (κ3) is 2.83. The molecule has 0 fully saturated rings. The summed E-state index contributed by atoms with van der Waals surface area (Å²) in [6.07, 6.45) is 1.36. The van der Waals surface area contributed by atoms with Gasteiger partial charge in [0.2, 0.25) is 5.22 Å². The van der Waals surface area contributed by atoms with Crippen molar-refractivity contribution in [1.29, 1.82) is 0 Å². The number of hydrogen-bond donors (Lipinski definition) is 1. The topological polar surface area (TPSA) is 42.2 Å². The van der Waals surface area contributed by atoms with Crippen molar-refractivity contribution in [2.45, 2.75) is 0 Å². The smallest absolute Gasteiger partial charge is 0.260 e. The highest BCUT2D eigenvalue weighted by atomic mass is 79.9. The second-order valence-electron chi connectivity index (χ2n) is 3.19. The van der Waals surface area contributed by atoms with Gasteiger partial charge in [0.1, 0.15) is 0 Å². The monoisotopic (exact) mass is 333 g/mol. The molecule has 0 saturated heterocycles. The zero-order valence-corrected chi connectivity index (χ0v) is 11.4. The fraction of sp³-hybridized carbons (Fsp3) is 0. The average Bonchev–Trinajstić information content (AvgIpc) is 2.68. The largest absolute Gasteiger partial charge is 0.452 e. The predicted octanol–water partition coefficient (Wildman–Crippen LogP) is 4.60. The molecule has 1 aromatic carbocycles. The van der Waals surface area contributed by atoms with Crippen molar-refractivity contribution in [3.8, 4) is 0 Å². The fourth-order valence-electron chi connectivity index (χ4n) is 1.24. The molecule has 17 heavy (non-hydrogen) atoms. The van der Waals surface area contributed by atoms with Crippen molar-refractivity contribution in [3.05, 3.63) is 50.8 Å². The molecular weight excluding hydrogens is 329 g/mol. The lowest BCUT2D eigenvalue weighted by Crippen LogP contribution is -2.11. The Balaban J connectivity index is 2.22. The van der Waals surface area contributed by atoms with Crippen molar-refractivity contribution >= 4 is 50.7 Å². The average molecular weight is 335 g/mol. The summed E-state index contributed by atoms with van der Waals surface area (Å²) >= 11 is 14.8. The van der Waals surface area contributed by atoms with Crippen LogP contribution < -0.4 is 5.32 Å². The number of furan rings is 1. The molecule has 88 valence electrons. The molecule has 1 N–H and O–H groups in total. The molecule has 2 rings (SSSR count). The highest BCUT2D eigenvalue weighted by molar-refractivity contribution is 9.10. The molecule has 3 nitrogen and oxygen atoms in total. The lowest BCUT2D eigenvalue weighted by molar-refractivity contribution is 0.102. The molecule has 0 bridgehead atoms. The van der Waals surface area contributed by atoms with Crippen LogP contribution in [0.4, 0.5) is 5.69 Å². The first kappa shape index (κ1) is 12.5. The van der Waals surface area contributed by atoms with Crippen LogP contribution in [0, 0.1) is 0 Å². The number of halogens is 3. The summed E-state index contributed by atoms with van der Waals surface area (Å²) < 4.78 is 5.54. The van der Waals surface area contributed by atoms with Crippen LogP contribution >= 0.6 is 39.1 Å². The van der Waals surface area contributed by atoms with E-state index in [1.165, 1.54) is 12.3 Å². The predicted molar refractivity (Wildman–Crippen MR) is 70.8 cm³/mol. The summed E-state index contributed by atoms with van der Waals surface area (Å²) in [6.45, 7) is 0. The Morgan fingerprint density at radius 3 is 2.65 bits per heavy atom. The summed E-state index contributed by atoms with van der Waals surface area (Å²) in [5, 5.41) is 3.33. The number of rotatable bonds is 2. The maximum absolute atomic E-state index is 11.8. The number of nitrogens with one attached hydrogen (secondary N) is 1. The third-order valence-corrected chi connectivity index (χ3v) is 3.23. The quantitative estimate of drug-likeness (QED) is 0.872. The Labute approximate surface area is 116 Å². The standard InChI is InChI=1S/C11H6BrCl2NO2/c12-8-5-6(13)1-2-9(8)15-11(16)7-3-4-17-10(7)14/h1-5H,(H,15,16). The van der Waals surface area contributed by atoms with E-state index in [1.807, 2.05) is 0 Å². The van der Waals surface area contributed by atoms with E-state index in [4.69, 9.17) is 27.6 Å². The van der Waals surface area contributed by atoms with Gasteiger partial charge in [0.05, 0.1) is 17.5 Å². The van der Waals surface area contributed by atoms with E-state index in [1.54, 1.807) is 18.2 Å². The van der Waals surface area contributed by atoms with Gasteiger partial charge in [-0.3, -0.25) is 4.79 Å². The first-order chi connectivity index (χ1) is 8.08. The number of carbonyl (C=O) groups excluding carboxylic acids is 1. The molecule has 2 aromatic rings. The fourth-order valence-corrected chi connectivity index (χ4v) is 2.22. The van der Waals surface area contributed by atoms with Crippen LogP contribution in [0.1, 0.15) is 10.4 Å². The summed E-state index contributed by atoms with van der Waals surface area (Å²) in [4.78, 5) is 11.8. The minimum Gasteiger partial charge on any atom is -0.452 e. The maximum atomic E-state index is 11.8. The van der Waals surface area contributed by atoms with Crippen LogP contribution in [0.15, 0.2) is 39.4 Å². The zero-order chi connectivity index (χ0) is 12.4. The van der Waals surface area contributed by atoms with Crippen molar-refractivity contribution in [2.75, 3.05) is 5.32 Å². The van der Waals surface area contributed by atoms with E-state index in [0.717, 1.165) is 0 Å². The first-order valence-electron chi connectivity index (χ1n) is 4.57. The number of amides is 1. The lowest BCUT2D eigenvalue weighted by atomic mass is 10.3. The number of carbonyl (C=O) groups is 1. The molecule has 0 atom stereocenters. The van der Waals surface area contributed by atoms with Gasteiger partial charge in [-0.05, 0) is 51.8 Å². The van der Waals surface area contributed by atoms with Gasteiger partial charge in [0.25, 0.3) is 5.91 Å². The molecule has 6 heteroatoms. The molecule has 0 radical (unpaired) electrons. The SMILES string of the molecule is O=C(Nc1ccc(Cl)cc1Br)c1ccoc1Cl. The Hall–Kier alpha value is -0.970. The Kier molecular flexibility index (Phi) is 3.76. The number of hydrogen-bond acceptors (Lipinski definition) is 2. The molecule has 1 amide bonds. The Morgan fingerprint density at radius 1 is 1.29 bits per heavy atom. The van der Waals surface area contributed by atoms with Gasteiger partial charge in [-0.25, -0.2) is 0 Å². The highest BCUT2D eigenvalue weighted by Gasteiger charge is 2.14. The van der Waals surface area contributed by atoms with E-state index in [-0.39, 0.29) is 16.7 Å². The minimum atomic E-state index is -0.341. The van der Waals surface area contributed by atoms with E-state index < -0.39 is 0 Å². The summed E-state index contributed by atoms with van der Waals surface area (Å²) in [5.41, 5.74) is 0.894. The van der Waals surface area contributed by atoms with Gasteiger partial charge in [-0.15, -0.1) is 0 Å². The summed E-state index contributed by atoms with van der Waals surface area (Å²) in [6, 6.07) is 6.56. The van der Waals surface area contributed by atoms with Crippen LogP contribution in [0.25, 0.3) is 0 Å². The lowest BCUT2D eigenvalue weighted by Gasteiger charge is -2.06. The first-order valence-corrected chi connectivity index (χ1v) is 6.12. The molecule has 0 aliphatic heterocycles. The van der Waals surface area contributed by atoms with Gasteiger partial charge in [0, 0.05) is 9.50 Å². The van der Waals surface area contributed by atoms with E-state index >= 15 is 0 Å².